The van der Waals surface area contributed by atoms with Crippen LogP contribution in [0.3, 0.4) is 0 Å². The molecule has 2 aromatic rings. The molecule has 0 spiro atoms. The van der Waals surface area contributed by atoms with Gasteiger partial charge in [0.1, 0.15) is 18.4 Å². The van der Waals surface area contributed by atoms with Gasteiger partial charge in [-0.15, -0.1) is 0 Å². The normalized spacial score (nSPS) is 12.1. The first kappa shape index (κ1) is 22.1. The zero-order chi connectivity index (χ0) is 21.4. The van der Waals surface area contributed by atoms with Crippen LogP contribution in [0.1, 0.15) is 23.1 Å². The fourth-order valence-electron chi connectivity index (χ4n) is 2.60. The lowest BCUT2D eigenvalue weighted by Gasteiger charge is -2.16. The number of aryl methyl sites for hydroxylation is 1. The number of halogens is 3. The van der Waals surface area contributed by atoms with Crippen molar-refractivity contribution in [1.82, 2.24) is 5.32 Å². The quantitative estimate of drug-likeness (QED) is 0.685. The molecule has 0 radical (unpaired) electrons. The number of rotatable bonds is 8. The summed E-state index contributed by atoms with van der Waals surface area (Å²) in [6.07, 6.45) is -5.38. The third kappa shape index (κ3) is 6.70. The fourth-order valence-corrected chi connectivity index (χ4v) is 2.60. The zero-order valence-electron chi connectivity index (χ0n) is 15.5. The molecule has 0 aliphatic rings. The van der Waals surface area contributed by atoms with Crippen molar-refractivity contribution in [2.75, 3.05) is 7.11 Å². The molecule has 1 amide bonds. The summed E-state index contributed by atoms with van der Waals surface area (Å²) in [5.41, 5.74) is 0.271. The van der Waals surface area contributed by atoms with E-state index in [1.165, 1.54) is 12.1 Å². The molecule has 29 heavy (non-hydrogen) atoms. The van der Waals surface area contributed by atoms with E-state index in [4.69, 9.17) is 9.47 Å². The molecule has 0 aliphatic carbocycles. The summed E-state index contributed by atoms with van der Waals surface area (Å²) in [6.45, 7) is -0.0187. The number of hydrogen-bond donors (Lipinski definition) is 2. The van der Waals surface area contributed by atoms with Crippen molar-refractivity contribution < 1.29 is 37.3 Å². The summed E-state index contributed by atoms with van der Waals surface area (Å²) in [5, 5.41) is 11.5. The van der Waals surface area contributed by atoms with E-state index in [1.807, 2.05) is 0 Å². The van der Waals surface area contributed by atoms with E-state index >= 15 is 0 Å². The standard InChI is InChI=1S/C20H20F3NO5/c1-28-17-11-13(7-9-15(17)20(21,22)23)8-10-16(18(25)26)24-19(27)29-12-14-5-3-2-4-6-14/h2-7,9,11,16H,8,10,12H2,1H3,(H,24,27)(H,25,26)/t16-/m0/s1. The summed E-state index contributed by atoms with van der Waals surface area (Å²) < 4.78 is 48.5. The van der Waals surface area contributed by atoms with Gasteiger partial charge < -0.3 is 19.9 Å². The van der Waals surface area contributed by atoms with Crippen LogP contribution in [0.5, 0.6) is 5.75 Å². The lowest BCUT2D eigenvalue weighted by molar-refractivity contribution is -0.140. The summed E-state index contributed by atoms with van der Waals surface area (Å²) in [7, 11) is 1.12. The van der Waals surface area contributed by atoms with E-state index in [-0.39, 0.29) is 25.2 Å². The van der Waals surface area contributed by atoms with E-state index in [1.54, 1.807) is 30.3 Å². The Balaban J connectivity index is 1.95. The second-order valence-corrected chi connectivity index (χ2v) is 6.17. The molecule has 0 bridgehead atoms. The molecule has 0 aliphatic heterocycles. The number of alkyl halides is 3. The maximum absolute atomic E-state index is 12.9. The first-order chi connectivity index (χ1) is 13.7. The van der Waals surface area contributed by atoms with E-state index in [0.717, 1.165) is 18.7 Å². The van der Waals surface area contributed by atoms with Crippen molar-refractivity contribution >= 4 is 12.1 Å². The largest absolute Gasteiger partial charge is 0.496 e. The topological polar surface area (TPSA) is 84.9 Å². The number of carbonyl (C=O) groups excluding carboxylic acids is 1. The van der Waals surface area contributed by atoms with Crippen LogP contribution < -0.4 is 10.1 Å². The highest BCUT2D eigenvalue weighted by Crippen LogP contribution is 2.36. The number of hydrogen-bond acceptors (Lipinski definition) is 4. The van der Waals surface area contributed by atoms with Gasteiger partial charge in [0.05, 0.1) is 12.7 Å². The van der Waals surface area contributed by atoms with Crippen molar-refractivity contribution in [1.29, 1.82) is 0 Å². The number of carboxylic acid groups (broad SMARTS) is 1. The first-order valence-corrected chi connectivity index (χ1v) is 8.65. The molecule has 6 nitrogen and oxygen atoms in total. The van der Waals surface area contributed by atoms with Gasteiger partial charge in [0.15, 0.2) is 0 Å². The van der Waals surface area contributed by atoms with Crippen molar-refractivity contribution in [3.05, 3.63) is 65.2 Å². The minimum Gasteiger partial charge on any atom is -0.496 e. The van der Waals surface area contributed by atoms with Crippen LogP contribution in [0.25, 0.3) is 0 Å². The molecule has 0 unspecified atom stereocenters. The molecule has 2 N–H and O–H groups in total. The van der Waals surface area contributed by atoms with Gasteiger partial charge in [-0.2, -0.15) is 13.2 Å². The Kier molecular flexibility index (Phi) is 7.46. The van der Waals surface area contributed by atoms with Crippen molar-refractivity contribution in [3.63, 3.8) is 0 Å². The number of aliphatic carboxylic acids is 1. The Hall–Kier alpha value is -3.23. The SMILES string of the molecule is COc1cc(CC[C@H](NC(=O)OCc2ccccc2)C(=O)O)ccc1C(F)(F)F. The van der Waals surface area contributed by atoms with Gasteiger partial charge >= 0.3 is 18.2 Å². The summed E-state index contributed by atoms with van der Waals surface area (Å²) in [4.78, 5) is 23.3. The molecular formula is C20H20F3NO5. The second-order valence-electron chi connectivity index (χ2n) is 6.17. The smallest absolute Gasteiger partial charge is 0.419 e. The van der Waals surface area contributed by atoms with Gasteiger partial charge in [0, 0.05) is 0 Å². The maximum atomic E-state index is 12.9. The number of nitrogens with one attached hydrogen (secondary N) is 1. The van der Waals surface area contributed by atoms with E-state index < -0.39 is 29.8 Å². The molecule has 0 aromatic heterocycles. The van der Waals surface area contributed by atoms with Gasteiger partial charge in [-0.3, -0.25) is 0 Å². The highest BCUT2D eigenvalue weighted by atomic mass is 19.4. The Morgan fingerprint density at radius 1 is 1.10 bits per heavy atom. The monoisotopic (exact) mass is 411 g/mol. The third-order valence-corrected chi connectivity index (χ3v) is 4.10. The van der Waals surface area contributed by atoms with Crippen molar-refractivity contribution in [3.8, 4) is 5.75 Å². The first-order valence-electron chi connectivity index (χ1n) is 8.65. The lowest BCUT2D eigenvalue weighted by atomic mass is 10.0. The van der Waals surface area contributed by atoms with Gasteiger partial charge in [-0.1, -0.05) is 36.4 Å². The van der Waals surface area contributed by atoms with Gasteiger partial charge in [0.2, 0.25) is 0 Å². The van der Waals surface area contributed by atoms with E-state index in [2.05, 4.69) is 5.32 Å². The molecule has 156 valence electrons. The number of ether oxygens (including phenoxy) is 2. The predicted octanol–water partition coefficient (Wildman–Crippen LogP) is 4.03. The summed E-state index contributed by atoms with van der Waals surface area (Å²) in [6, 6.07) is 10.9. The Labute approximate surface area is 165 Å². The molecule has 0 heterocycles. The highest BCUT2D eigenvalue weighted by Gasteiger charge is 2.34. The molecular weight excluding hydrogens is 391 g/mol. The van der Waals surface area contributed by atoms with Crippen molar-refractivity contribution in [2.24, 2.45) is 0 Å². The zero-order valence-corrected chi connectivity index (χ0v) is 15.5. The summed E-state index contributed by atoms with van der Waals surface area (Å²) in [5.74, 6) is -1.63. The highest BCUT2D eigenvalue weighted by molar-refractivity contribution is 5.79. The molecule has 9 heteroatoms. The molecule has 2 aromatic carbocycles. The number of carbonyl (C=O) groups is 2. The van der Waals surface area contributed by atoms with Crippen LogP contribution in [-0.2, 0) is 28.7 Å². The van der Waals surface area contributed by atoms with Gasteiger partial charge in [-0.25, -0.2) is 9.59 Å². The fraction of sp³-hybridized carbons (Fsp3) is 0.300. The van der Waals surface area contributed by atoms with Crippen LogP contribution in [0.4, 0.5) is 18.0 Å². The second kappa shape index (κ2) is 9.81. The van der Waals surface area contributed by atoms with Gasteiger partial charge in [-0.05, 0) is 36.1 Å². The van der Waals surface area contributed by atoms with Crippen LogP contribution >= 0.6 is 0 Å². The van der Waals surface area contributed by atoms with Crippen LogP contribution in [0.2, 0.25) is 0 Å². The van der Waals surface area contributed by atoms with Crippen LogP contribution in [0.15, 0.2) is 48.5 Å². The number of amides is 1. The number of benzene rings is 2. The average molecular weight is 411 g/mol. The van der Waals surface area contributed by atoms with Crippen LogP contribution in [-0.4, -0.2) is 30.3 Å². The van der Waals surface area contributed by atoms with E-state index in [0.29, 0.717) is 5.56 Å². The molecule has 1 atom stereocenters. The minimum absolute atomic E-state index is 0.0187. The molecule has 0 saturated carbocycles. The Bertz CT molecular complexity index is 840. The predicted molar refractivity (Wildman–Crippen MR) is 97.5 cm³/mol. The third-order valence-electron chi connectivity index (χ3n) is 4.10. The molecule has 0 fully saturated rings. The maximum Gasteiger partial charge on any atom is 0.419 e. The van der Waals surface area contributed by atoms with Gasteiger partial charge in [0.25, 0.3) is 0 Å². The molecule has 0 saturated heterocycles. The average Bonchev–Trinajstić information content (AvgIpc) is 2.69. The Morgan fingerprint density at radius 3 is 2.38 bits per heavy atom. The van der Waals surface area contributed by atoms with Crippen molar-refractivity contribution in [2.45, 2.75) is 31.7 Å². The minimum atomic E-state index is -4.56. The van der Waals surface area contributed by atoms with Crippen LogP contribution in [0, 0.1) is 0 Å². The number of carboxylic acids is 1. The molecule has 2 rings (SSSR count). The lowest BCUT2D eigenvalue weighted by Crippen LogP contribution is -2.41. The van der Waals surface area contributed by atoms with E-state index in [9.17, 15) is 27.9 Å². The number of alkyl carbamates (subject to hydrolysis) is 1. The Morgan fingerprint density at radius 2 is 1.79 bits per heavy atom. The number of methoxy groups -OCH3 is 1. The summed E-state index contributed by atoms with van der Waals surface area (Å²) >= 11 is 0.